The largest absolute Gasteiger partial charge is 0.387 e. The van der Waals surface area contributed by atoms with Crippen LogP contribution >= 0.6 is 24.2 Å². The Morgan fingerprint density at radius 1 is 1.71 bits per heavy atom. The second kappa shape index (κ2) is 1.67. The summed E-state index contributed by atoms with van der Waals surface area (Å²) in [5.74, 6) is 0. The first-order valence-electron chi connectivity index (χ1n) is 1.57. The van der Waals surface area contributed by atoms with Crippen molar-refractivity contribution >= 4 is 29.2 Å². The Balaban J connectivity index is 3.12. The minimum atomic E-state index is 0.519. The van der Waals surface area contributed by atoms with Crippen LogP contribution in [0.5, 0.6) is 0 Å². The maximum Gasteiger partial charge on any atom is 0.152 e. The van der Waals surface area contributed by atoms with E-state index in [4.69, 9.17) is 5.73 Å². The van der Waals surface area contributed by atoms with Crippen LogP contribution in [0.2, 0.25) is 0 Å². The van der Waals surface area contributed by atoms with Crippen LogP contribution in [0.3, 0.4) is 0 Å². The highest BCUT2D eigenvalue weighted by atomic mass is 32.1. The molecule has 1 aromatic rings. The van der Waals surface area contributed by atoms with Crippen molar-refractivity contribution in [2.75, 3.05) is 5.73 Å². The SMILES string of the molecule is Nc1snnc1S. The van der Waals surface area contributed by atoms with Crippen LogP contribution in [0.25, 0.3) is 0 Å². The van der Waals surface area contributed by atoms with Gasteiger partial charge in [-0.25, -0.2) is 0 Å². The molecule has 0 aliphatic heterocycles. The molecular formula is C2H3N3S2. The molecule has 38 valence electrons. The molecule has 0 spiro atoms. The van der Waals surface area contributed by atoms with Crippen molar-refractivity contribution in [2.45, 2.75) is 5.03 Å². The first-order chi connectivity index (χ1) is 3.30. The molecule has 1 aromatic heterocycles. The molecule has 0 saturated heterocycles. The number of nitrogens with zero attached hydrogens (tertiary/aromatic N) is 2. The number of nitrogens with two attached hydrogens (primary N) is 1. The van der Waals surface area contributed by atoms with E-state index in [1.165, 1.54) is 0 Å². The lowest BCUT2D eigenvalue weighted by molar-refractivity contribution is 1.04. The fraction of sp³-hybridized carbons (Fsp3) is 0. The van der Waals surface area contributed by atoms with E-state index in [-0.39, 0.29) is 0 Å². The van der Waals surface area contributed by atoms with Crippen molar-refractivity contribution in [3.63, 3.8) is 0 Å². The van der Waals surface area contributed by atoms with Crippen molar-refractivity contribution in [1.82, 2.24) is 9.59 Å². The highest BCUT2D eigenvalue weighted by Crippen LogP contribution is 2.14. The summed E-state index contributed by atoms with van der Waals surface area (Å²) in [5.41, 5.74) is 5.26. The van der Waals surface area contributed by atoms with Gasteiger partial charge in [0.15, 0.2) is 5.03 Å². The predicted octanol–water partition coefficient (Wildman–Crippen LogP) is 0.409. The highest BCUT2D eigenvalue weighted by Gasteiger charge is 1.93. The molecule has 0 amide bonds. The van der Waals surface area contributed by atoms with Gasteiger partial charge in [-0.3, -0.25) is 0 Å². The lowest BCUT2D eigenvalue weighted by Crippen LogP contribution is -1.77. The summed E-state index contributed by atoms with van der Waals surface area (Å²) >= 11 is 5.01. The highest BCUT2D eigenvalue weighted by molar-refractivity contribution is 7.80. The quantitative estimate of drug-likeness (QED) is 0.504. The average Bonchev–Trinajstić information content (AvgIpc) is 1.91. The van der Waals surface area contributed by atoms with Gasteiger partial charge >= 0.3 is 0 Å². The summed E-state index contributed by atoms with van der Waals surface area (Å²) in [6.07, 6.45) is 0. The summed E-state index contributed by atoms with van der Waals surface area (Å²) in [5, 5.41) is 4.61. The van der Waals surface area contributed by atoms with Crippen LogP contribution in [0.1, 0.15) is 0 Å². The average molecular weight is 133 g/mol. The number of aromatic nitrogens is 2. The van der Waals surface area contributed by atoms with Gasteiger partial charge in [0.1, 0.15) is 5.00 Å². The van der Waals surface area contributed by atoms with Crippen molar-refractivity contribution in [1.29, 1.82) is 0 Å². The summed E-state index contributed by atoms with van der Waals surface area (Å²) in [6.45, 7) is 0. The second-order valence-corrected chi connectivity index (χ2v) is 2.17. The van der Waals surface area contributed by atoms with Crippen LogP contribution in [0, 0.1) is 0 Å². The maximum absolute atomic E-state index is 5.26. The van der Waals surface area contributed by atoms with Gasteiger partial charge in [0.25, 0.3) is 0 Å². The number of hydrogen-bond donors (Lipinski definition) is 2. The van der Waals surface area contributed by atoms with E-state index in [0.29, 0.717) is 10.0 Å². The Kier molecular flexibility index (Phi) is 1.16. The molecule has 1 rings (SSSR count). The third kappa shape index (κ3) is 0.834. The molecule has 0 aromatic carbocycles. The van der Waals surface area contributed by atoms with E-state index in [2.05, 4.69) is 22.2 Å². The molecule has 3 nitrogen and oxygen atoms in total. The van der Waals surface area contributed by atoms with Crippen molar-refractivity contribution in [3.8, 4) is 0 Å². The molecule has 0 radical (unpaired) electrons. The molecule has 0 aliphatic rings. The monoisotopic (exact) mass is 133 g/mol. The minimum absolute atomic E-state index is 0.519. The Labute approximate surface area is 50.1 Å². The number of rotatable bonds is 0. The molecule has 0 unspecified atom stereocenters. The number of nitrogen functional groups attached to an aromatic ring is 1. The lowest BCUT2D eigenvalue weighted by Gasteiger charge is -1.74. The zero-order chi connectivity index (χ0) is 5.28. The first kappa shape index (κ1) is 4.86. The number of thiol groups is 1. The van der Waals surface area contributed by atoms with Gasteiger partial charge in [0.05, 0.1) is 0 Å². The van der Waals surface area contributed by atoms with Gasteiger partial charge < -0.3 is 5.73 Å². The molecule has 0 aliphatic carbocycles. The lowest BCUT2D eigenvalue weighted by atomic mass is 10.9. The van der Waals surface area contributed by atoms with Crippen molar-refractivity contribution in [2.24, 2.45) is 0 Å². The summed E-state index contributed by atoms with van der Waals surface area (Å²) in [4.78, 5) is 0. The van der Waals surface area contributed by atoms with Crippen LogP contribution in [-0.4, -0.2) is 9.59 Å². The summed E-state index contributed by atoms with van der Waals surface area (Å²) in [7, 11) is 0. The number of hydrogen-bond acceptors (Lipinski definition) is 5. The van der Waals surface area contributed by atoms with E-state index in [1.54, 1.807) is 0 Å². The standard InChI is InChI=1S/C2H3N3S2/c3-1-2(6)4-5-7-1/h6H,3H2. The van der Waals surface area contributed by atoms with E-state index >= 15 is 0 Å². The second-order valence-electron chi connectivity index (χ2n) is 0.961. The molecule has 7 heavy (non-hydrogen) atoms. The topological polar surface area (TPSA) is 51.8 Å². The third-order valence-corrected chi connectivity index (χ3v) is 1.53. The molecule has 0 fully saturated rings. The van der Waals surface area contributed by atoms with Gasteiger partial charge in [-0.05, 0) is 0 Å². The third-order valence-electron chi connectivity index (χ3n) is 0.495. The van der Waals surface area contributed by atoms with E-state index in [9.17, 15) is 0 Å². The smallest absolute Gasteiger partial charge is 0.152 e. The zero-order valence-electron chi connectivity index (χ0n) is 3.33. The summed E-state index contributed by atoms with van der Waals surface area (Å²) in [6, 6.07) is 0. The Morgan fingerprint density at radius 2 is 2.43 bits per heavy atom. The predicted molar refractivity (Wildman–Crippen MR) is 31.6 cm³/mol. The van der Waals surface area contributed by atoms with Gasteiger partial charge in [-0.1, -0.05) is 4.49 Å². The van der Waals surface area contributed by atoms with Gasteiger partial charge in [0, 0.05) is 11.5 Å². The fourth-order valence-electron chi connectivity index (χ4n) is 0.193. The molecule has 2 N–H and O–H groups in total. The van der Waals surface area contributed by atoms with E-state index < -0.39 is 0 Å². The van der Waals surface area contributed by atoms with Crippen LogP contribution in [-0.2, 0) is 0 Å². The van der Waals surface area contributed by atoms with Gasteiger partial charge in [-0.15, -0.1) is 17.7 Å². The molecule has 0 saturated carbocycles. The van der Waals surface area contributed by atoms with E-state index in [0.717, 1.165) is 11.5 Å². The van der Waals surface area contributed by atoms with Gasteiger partial charge in [0.2, 0.25) is 0 Å². The van der Waals surface area contributed by atoms with Crippen LogP contribution in [0.4, 0.5) is 5.00 Å². The number of anilines is 1. The Morgan fingerprint density at radius 3 is 2.57 bits per heavy atom. The molecule has 0 atom stereocenters. The normalized spacial score (nSPS) is 9.29. The molecular weight excluding hydrogens is 130 g/mol. The zero-order valence-corrected chi connectivity index (χ0v) is 5.04. The first-order valence-corrected chi connectivity index (χ1v) is 2.79. The molecule has 5 heteroatoms. The van der Waals surface area contributed by atoms with Crippen molar-refractivity contribution < 1.29 is 0 Å². The maximum atomic E-state index is 5.26. The Bertz CT molecular complexity index is 143. The van der Waals surface area contributed by atoms with Gasteiger partial charge in [-0.2, -0.15) is 0 Å². The molecule has 1 heterocycles. The molecule has 0 bridgehead atoms. The Hall–Kier alpha value is -0.290. The summed E-state index contributed by atoms with van der Waals surface area (Å²) < 4.78 is 3.51. The van der Waals surface area contributed by atoms with Crippen LogP contribution in [0.15, 0.2) is 5.03 Å². The van der Waals surface area contributed by atoms with Crippen molar-refractivity contribution in [3.05, 3.63) is 0 Å². The fourth-order valence-corrected chi connectivity index (χ4v) is 0.754. The van der Waals surface area contributed by atoms with Crippen LogP contribution < -0.4 is 5.73 Å². The van der Waals surface area contributed by atoms with E-state index in [1.807, 2.05) is 0 Å². The minimum Gasteiger partial charge on any atom is -0.387 e.